The van der Waals surface area contributed by atoms with Crippen LogP contribution in [0.15, 0.2) is 36.4 Å². The van der Waals surface area contributed by atoms with Gasteiger partial charge < -0.3 is 15.1 Å². The van der Waals surface area contributed by atoms with Gasteiger partial charge in [0.25, 0.3) is 0 Å². The monoisotopic (exact) mass is 399 g/mol. The number of unbranched alkanes of at least 4 members (excludes halogenated alkanes) is 1. The first-order chi connectivity index (χ1) is 13.9. The van der Waals surface area contributed by atoms with Crippen molar-refractivity contribution in [3.8, 4) is 0 Å². The number of aliphatic hydroxyl groups excluding tert-OH is 1. The number of carbonyl (C=O) groups is 2. The minimum atomic E-state index is -0.932. The molecule has 5 heteroatoms. The van der Waals surface area contributed by atoms with Crippen molar-refractivity contribution in [3.05, 3.63) is 47.5 Å². The van der Waals surface area contributed by atoms with Crippen molar-refractivity contribution in [2.75, 3.05) is 6.54 Å². The summed E-state index contributed by atoms with van der Waals surface area (Å²) in [4.78, 5) is 25.2. The highest BCUT2D eigenvalue weighted by molar-refractivity contribution is 5.87. The van der Waals surface area contributed by atoms with Crippen LogP contribution in [0.2, 0.25) is 0 Å². The molecule has 1 heterocycles. The first-order valence-corrected chi connectivity index (χ1v) is 10.9. The van der Waals surface area contributed by atoms with Crippen LogP contribution in [0, 0.1) is 5.41 Å². The van der Waals surface area contributed by atoms with Crippen molar-refractivity contribution in [1.82, 2.24) is 4.90 Å². The van der Waals surface area contributed by atoms with E-state index in [1.807, 2.05) is 29.2 Å². The number of amides is 1. The number of hydrogen-bond donors (Lipinski definition) is 2. The number of hydrogen-bond acceptors (Lipinski definition) is 3. The predicted octanol–water partition coefficient (Wildman–Crippen LogP) is 4.20. The molecule has 1 unspecified atom stereocenters. The lowest BCUT2D eigenvalue weighted by Gasteiger charge is -2.45. The van der Waals surface area contributed by atoms with E-state index in [-0.39, 0.29) is 22.9 Å². The summed E-state index contributed by atoms with van der Waals surface area (Å²) in [5, 5.41) is 19.8. The van der Waals surface area contributed by atoms with Gasteiger partial charge in [0.15, 0.2) is 0 Å². The molecular formula is C24H33NO4. The Bertz CT molecular complexity index is 736. The molecule has 158 valence electrons. The molecule has 1 aromatic rings. The minimum Gasteiger partial charge on any atom is -0.478 e. The molecule has 2 atom stereocenters. The van der Waals surface area contributed by atoms with Gasteiger partial charge in [-0.15, -0.1) is 0 Å². The molecule has 2 N–H and O–H groups in total. The van der Waals surface area contributed by atoms with Gasteiger partial charge in [-0.1, -0.05) is 50.5 Å². The quantitative estimate of drug-likeness (QED) is 0.578. The molecule has 1 saturated heterocycles. The number of likely N-dealkylation sites (tertiary alicyclic amines) is 1. The van der Waals surface area contributed by atoms with Crippen LogP contribution >= 0.6 is 0 Å². The average molecular weight is 400 g/mol. The molecule has 1 aliphatic carbocycles. The van der Waals surface area contributed by atoms with Gasteiger partial charge in [0, 0.05) is 13.0 Å². The second kappa shape index (κ2) is 9.57. The van der Waals surface area contributed by atoms with Crippen LogP contribution in [0.25, 0.3) is 0 Å². The summed E-state index contributed by atoms with van der Waals surface area (Å²) in [5.41, 5.74) is 1.34. The van der Waals surface area contributed by atoms with Gasteiger partial charge >= 0.3 is 5.97 Å². The van der Waals surface area contributed by atoms with Crippen molar-refractivity contribution in [2.45, 2.75) is 76.9 Å². The standard InChI is InChI=1S/C24H33NO4/c1-2-3-14-24(15-4-16-24)21(26)11-9-20-10-12-22(27)25(20)17-13-18-5-7-19(8-6-18)23(28)29/h5-9,11,20-21,26H,2-4,10,12-17H2,1H3,(H,28,29)/b11-9+/t20-,21?/m0/s1. The fourth-order valence-electron chi connectivity index (χ4n) is 4.60. The zero-order valence-corrected chi connectivity index (χ0v) is 17.3. The van der Waals surface area contributed by atoms with Crippen molar-refractivity contribution < 1.29 is 19.8 Å². The number of carboxylic acids is 1. The lowest BCUT2D eigenvalue weighted by atomic mass is 9.62. The van der Waals surface area contributed by atoms with Crippen LogP contribution in [-0.4, -0.2) is 45.7 Å². The van der Waals surface area contributed by atoms with Gasteiger partial charge in [-0.3, -0.25) is 4.79 Å². The SMILES string of the molecule is CCCCC1(C(O)/C=C/[C@H]2CCC(=O)N2CCc2ccc(C(=O)O)cc2)CCC1. The van der Waals surface area contributed by atoms with Crippen LogP contribution in [0.4, 0.5) is 0 Å². The van der Waals surface area contributed by atoms with E-state index >= 15 is 0 Å². The molecule has 1 aromatic carbocycles. The third-order valence-electron chi connectivity index (χ3n) is 6.74. The van der Waals surface area contributed by atoms with Crippen LogP contribution in [-0.2, 0) is 11.2 Å². The molecule has 0 bridgehead atoms. The Balaban J connectivity index is 1.58. The Morgan fingerprint density at radius 2 is 2.03 bits per heavy atom. The van der Waals surface area contributed by atoms with Crippen LogP contribution in [0.3, 0.4) is 0 Å². The normalized spacial score (nSPS) is 22.1. The Kier molecular flexibility index (Phi) is 7.12. The van der Waals surface area contributed by atoms with Crippen molar-refractivity contribution in [2.24, 2.45) is 5.41 Å². The van der Waals surface area contributed by atoms with Crippen LogP contribution < -0.4 is 0 Å². The van der Waals surface area contributed by atoms with Gasteiger partial charge in [0.05, 0.1) is 17.7 Å². The van der Waals surface area contributed by atoms with Gasteiger partial charge in [-0.05, 0) is 55.2 Å². The number of carbonyl (C=O) groups excluding carboxylic acids is 1. The number of aromatic carboxylic acids is 1. The van der Waals surface area contributed by atoms with Gasteiger partial charge in [0.2, 0.25) is 5.91 Å². The Labute approximate surface area is 173 Å². The number of rotatable bonds is 10. The zero-order chi connectivity index (χ0) is 20.9. The van der Waals surface area contributed by atoms with Gasteiger partial charge in [-0.25, -0.2) is 4.79 Å². The highest BCUT2D eigenvalue weighted by atomic mass is 16.4. The number of carboxylic acid groups (broad SMARTS) is 1. The molecule has 29 heavy (non-hydrogen) atoms. The van der Waals surface area contributed by atoms with E-state index < -0.39 is 12.1 Å². The second-order valence-electron chi connectivity index (χ2n) is 8.59. The van der Waals surface area contributed by atoms with E-state index in [4.69, 9.17) is 5.11 Å². The molecular weight excluding hydrogens is 366 g/mol. The second-order valence-corrected chi connectivity index (χ2v) is 8.59. The van der Waals surface area contributed by atoms with E-state index in [1.165, 1.54) is 6.42 Å². The summed E-state index contributed by atoms with van der Waals surface area (Å²) in [6.07, 6.45) is 12.3. The molecule has 0 spiro atoms. The smallest absolute Gasteiger partial charge is 0.335 e. The highest BCUT2D eigenvalue weighted by Crippen LogP contribution is 2.48. The Morgan fingerprint density at radius 1 is 1.31 bits per heavy atom. The summed E-state index contributed by atoms with van der Waals surface area (Å²) >= 11 is 0. The summed E-state index contributed by atoms with van der Waals surface area (Å²) in [7, 11) is 0. The van der Waals surface area contributed by atoms with E-state index in [1.54, 1.807) is 12.1 Å². The Hall–Kier alpha value is -2.14. The van der Waals surface area contributed by atoms with Gasteiger partial charge in [-0.2, -0.15) is 0 Å². The van der Waals surface area contributed by atoms with Crippen LogP contribution in [0.5, 0.6) is 0 Å². The maximum Gasteiger partial charge on any atom is 0.335 e. The summed E-state index contributed by atoms with van der Waals surface area (Å²) in [5.74, 6) is -0.779. The van der Waals surface area contributed by atoms with E-state index in [0.717, 1.165) is 44.1 Å². The minimum absolute atomic E-state index is 0.0405. The highest BCUT2D eigenvalue weighted by Gasteiger charge is 2.41. The number of aliphatic hydroxyl groups is 1. The third-order valence-corrected chi connectivity index (χ3v) is 6.74. The first kappa shape index (κ1) is 21.6. The Morgan fingerprint density at radius 3 is 2.62 bits per heavy atom. The lowest BCUT2D eigenvalue weighted by Crippen LogP contribution is -2.40. The molecule has 2 aliphatic rings. The average Bonchev–Trinajstić information content (AvgIpc) is 3.03. The third kappa shape index (κ3) is 5.08. The lowest BCUT2D eigenvalue weighted by molar-refractivity contribution is -0.128. The van der Waals surface area contributed by atoms with E-state index in [9.17, 15) is 14.7 Å². The number of nitrogens with zero attached hydrogens (tertiary/aromatic N) is 1. The summed E-state index contributed by atoms with van der Waals surface area (Å²) in [6, 6.07) is 6.87. The molecule has 1 amide bonds. The largest absolute Gasteiger partial charge is 0.478 e. The topological polar surface area (TPSA) is 77.8 Å². The summed E-state index contributed by atoms with van der Waals surface area (Å²) in [6.45, 7) is 2.79. The first-order valence-electron chi connectivity index (χ1n) is 10.9. The molecule has 0 radical (unpaired) electrons. The fraction of sp³-hybridized carbons (Fsp3) is 0.583. The molecule has 1 aliphatic heterocycles. The van der Waals surface area contributed by atoms with E-state index in [0.29, 0.717) is 19.4 Å². The van der Waals surface area contributed by atoms with Crippen molar-refractivity contribution >= 4 is 11.9 Å². The van der Waals surface area contributed by atoms with Crippen LogP contribution in [0.1, 0.15) is 74.2 Å². The molecule has 1 saturated carbocycles. The molecule has 5 nitrogen and oxygen atoms in total. The van der Waals surface area contributed by atoms with Crippen molar-refractivity contribution in [1.29, 1.82) is 0 Å². The van der Waals surface area contributed by atoms with Gasteiger partial charge in [0.1, 0.15) is 0 Å². The van der Waals surface area contributed by atoms with E-state index in [2.05, 4.69) is 6.92 Å². The molecule has 3 rings (SSSR count). The summed E-state index contributed by atoms with van der Waals surface area (Å²) < 4.78 is 0. The maximum atomic E-state index is 12.4. The predicted molar refractivity (Wildman–Crippen MR) is 113 cm³/mol. The fourth-order valence-corrected chi connectivity index (χ4v) is 4.60. The zero-order valence-electron chi connectivity index (χ0n) is 17.3. The number of benzene rings is 1. The molecule has 2 fully saturated rings. The molecule has 0 aromatic heterocycles. The van der Waals surface area contributed by atoms with Crippen molar-refractivity contribution in [3.63, 3.8) is 0 Å². The maximum absolute atomic E-state index is 12.4.